The standard InChI is InChI=1S/C16H22N2O3/c1-10-4-5-12(11(2)6-10)7-15(19)18-13-8-14(17-9-13)16(20)21-3/h4-6,13-14,17H,7-9H2,1-3H3,(H,18,19)/t13-,14-/m1/s1. The molecule has 0 spiro atoms. The number of amides is 1. The van der Waals surface area contributed by atoms with Crippen molar-refractivity contribution in [1.82, 2.24) is 10.6 Å². The molecule has 2 N–H and O–H groups in total. The molecule has 0 aromatic heterocycles. The minimum Gasteiger partial charge on any atom is -0.468 e. The SMILES string of the molecule is COC(=O)[C@H]1C[C@@H](NC(=O)Cc2ccc(C)cc2C)CN1. The van der Waals surface area contributed by atoms with Crippen molar-refractivity contribution in [1.29, 1.82) is 0 Å². The molecule has 1 amide bonds. The molecule has 1 aromatic carbocycles. The number of rotatable bonds is 4. The number of hydrogen-bond donors (Lipinski definition) is 2. The van der Waals surface area contributed by atoms with Gasteiger partial charge in [-0.05, 0) is 31.4 Å². The van der Waals surface area contributed by atoms with Gasteiger partial charge in [0.2, 0.25) is 5.91 Å². The first kappa shape index (κ1) is 15.5. The largest absolute Gasteiger partial charge is 0.468 e. The number of esters is 1. The van der Waals surface area contributed by atoms with Gasteiger partial charge in [-0.1, -0.05) is 23.8 Å². The molecule has 1 aromatic rings. The van der Waals surface area contributed by atoms with Crippen LogP contribution in [0.3, 0.4) is 0 Å². The van der Waals surface area contributed by atoms with Gasteiger partial charge in [-0.25, -0.2) is 0 Å². The lowest BCUT2D eigenvalue weighted by Crippen LogP contribution is -2.37. The van der Waals surface area contributed by atoms with E-state index in [1.165, 1.54) is 12.7 Å². The van der Waals surface area contributed by atoms with Crippen LogP contribution in [0.25, 0.3) is 0 Å². The molecule has 114 valence electrons. The van der Waals surface area contributed by atoms with E-state index >= 15 is 0 Å². The van der Waals surface area contributed by atoms with Crippen molar-refractivity contribution in [2.75, 3.05) is 13.7 Å². The molecule has 21 heavy (non-hydrogen) atoms. The lowest BCUT2D eigenvalue weighted by atomic mass is 10.0. The molecule has 2 atom stereocenters. The van der Waals surface area contributed by atoms with Crippen LogP contribution in [0.4, 0.5) is 0 Å². The predicted molar refractivity (Wildman–Crippen MR) is 80.0 cm³/mol. The number of ether oxygens (including phenoxy) is 1. The van der Waals surface area contributed by atoms with Gasteiger partial charge in [0.1, 0.15) is 6.04 Å². The highest BCUT2D eigenvalue weighted by atomic mass is 16.5. The van der Waals surface area contributed by atoms with Crippen molar-refractivity contribution in [3.05, 3.63) is 34.9 Å². The zero-order chi connectivity index (χ0) is 15.4. The summed E-state index contributed by atoms with van der Waals surface area (Å²) >= 11 is 0. The highest BCUT2D eigenvalue weighted by Crippen LogP contribution is 2.12. The minimum absolute atomic E-state index is 0.0146. The van der Waals surface area contributed by atoms with Crippen molar-refractivity contribution in [3.8, 4) is 0 Å². The first-order valence-electron chi connectivity index (χ1n) is 7.16. The Morgan fingerprint density at radius 1 is 1.38 bits per heavy atom. The molecule has 0 unspecified atom stereocenters. The van der Waals surface area contributed by atoms with E-state index in [9.17, 15) is 9.59 Å². The summed E-state index contributed by atoms with van der Waals surface area (Å²) in [5.41, 5.74) is 3.35. The minimum atomic E-state index is -0.318. The summed E-state index contributed by atoms with van der Waals surface area (Å²) in [6, 6.07) is 5.75. The second-order valence-corrected chi connectivity index (χ2v) is 5.59. The van der Waals surface area contributed by atoms with Crippen LogP contribution in [0.1, 0.15) is 23.1 Å². The van der Waals surface area contributed by atoms with E-state index in [1.54, 1.807) is 0 Å². The molecule has 0 radical (unpaired) electrons. The van der Waals surface area contributed by atoms with Crippen LogP contribution in [0.2, 0.25) is 0 Å². The highest BCUT2D eigenvalue weighted by molar-refractivity contribution is 5.80. The quantitative estimate of drug-likeness (QED) is 0.807. The Kier molecular flexibility index (Phi) is 4.96. The maximum absolute atomic E-state index is 12.1. The Balaban J connectivity index is 1.87. The van der Waals surface area contributed by atoms with Gasteiger partial charge in [0.05, 0.1) is 13.5 Å². The van der Waals surface area contributed by atoms with E-state index in [4.69, 9.17) is 4.74 Å². The molecule has 1 fully saturated rings. The van der Waals surface area contributed by atoms with E-state index in [2.05, 4.69) is 16.7 Å². The Bertz CT molecular complexity index is 542. The zero-order valence-corrected chi connectivity index (χ0v) is 12.7. The van der Waals surface area contributed by atoms with E-state index in [1.807, 2.05) is 26.0 Å². The van der Waals surface area contributed by atoms with Gasteiger partial charge >= 0.3 is 5.97 Å². The topological polar surface area (TPSA) is 67.4 Å². The van der Waals surface area contributed by atoms with Crippen LogP contribution in [0, 0.1) is 13.8 Å². The van der Waals surface area contributed by atoms with Crippen LogP contribution in [0.5, 0.6) is 0 Å². The Labute approximate surface area is 125 Å². The molecule has 0 aliphatic carbocycles. The van der Waals surface area contributed by atoms with Crippen LogP contribution < -0.4 is 10.6 Å². The lowest BCUT2D eigenvalue weighted by molar-refractivity contribution is -0.142. The summed E-state index contributed by atoms with van der Waals surface area (Å²) in [7, 11) is 1.37. The first-order valence-corrected chi connectivity index (χ1v) is 7.16. The number of methoxy groups -OCH3 is 1. The third-order valence-electron chi connectivity index (χ3n) is 3.83. The van der Waals surface area contributed by atoms with Gasteiger partial charge in [0, 0.05) is 12.6 Å². The number of aryl methyl sites for hydroxylation is 2. The normalized spacial score (nSPS) is 21.1. The molecule has 1 aliphatic heterocycles. The number of carbonyl (C=O) groups is 2. The molecule has 0 bridgehead atoms. The lowest BCUT2D eigenvalue weighted by Gasteiger charge is -2.13. The average Bonchev–Trinajstić information content (AvgIpc) is 2.89. The van der Waals surface area contributed by atoms with E-state index in [-0.39, 0.29) is 24.0 Å². The zero-order valence-electron chi connectivity index (χ0n) is 12.7. The smallest absolute Gasteiger partial charge is 0.322 e. The van der Waals surface area contributed by atoms with Crippen molar-refractivity contribution in [2.24, 2.45) is 0 Å². The van der Waals surface area contributed by atoms with Gasteiger partial charge in [-0.2, -0.15) is 0 Å². The number of benzene rings is 1. The second kappa shape index (κ2) is 6.72. The first-order chi connectivity index (χ1) is 9.99. The van der Waals surface area contributed by atoms with Gasteiger partial charge in [-0.15, -0.1) is 0 Å². The summed E-state index contributed by atoms with van der Waals surface area (Å²) in [5, 5.41) is 6.03. The summed E-state index contributed by atoms with van der Waals surface area (Å²) in [6.45, 7) is 4.65. The molecule has 1 saturated heterocycles. The van der Waals surface area contributed by atoms with Crippen LogP contribution in [0.15, 0.2) is 18.2 Å². The number of hydrogen-bond acceptors (Lipinski definition) is 4. The molecule has 2 rings (SSSR count). The van der Waals surface area contributed by atoms with Crippen molar-refractivity contribution in [3.63, 3.8) is 0 Å². The molecule has 1 aliphatic rings. The van der Waals surface area contributed by atoms with Gasteiger partial charge in [0.15, 0.2) is 0 Å². The third-order valence-corrected chi connectivity index (χ3v) is 3.83. The Morgan fingerprint density at radius 3 is 2.81 bits per heavy atom. The summed E-state index contributed by atoms with van der Waals surface area (Å²) < 4.78 is 4.70. The molecular weight excluding hydrogens is 268 g/mol. The average molecular weight is 290 g/mol. The predicted octanol–water partition coefficient (Wildman–Crippen LogP) is 0.866. The maximum Gasteiger partial charge on any atom is 0.322 e. The molecule has 0 saturated carbocycles. The van der Waals surface area contributed by atoms with Crippen molar-refractivity contribution in [2.45, 2.75) is 38.8 Å². The highest BCUT2D eigenvalue weighted by Gasteiger charge is 2.30. The molecular formula is C16H22N2O3. The fourth-order valence-corrected chi connectivity index (χ4v) is 2.66. The summed E-state index contributed by atoms with van der Waals surface area (Å²) in [6.07, 6.45) is 0.941. The Morgan fingerprint density at radius 2 is 2.14 bits per heavy atom. The molecule has 1 heterocycles. The van der Waals surface area contributed by atoms with E-state index in [0.717, 1.165) is 11.1 Å². The molecule has 5 nitrogen and oxygen atoms in total. The second-order valence-electron chi connectivity index (χ2n) is 5.59. The van der Waals surface area contributed by atoms with Gasteiger partial charge < -0.3 is 15.4 Å². The Hall–Kier alpha value is -1.88. The summed E-state index contributed by atoms with van der Waals surface area (Å²) in [5.74, 6) is -0.291. The van der Waals surface area contributed by atoms with Crippen LogP contribution >= 0.6 is 0 Å². The molecule has 5 heteroatoms. The van der Waals surface area contributed by atoms with Gasteiger partial charge in [-0.3, -0.25) is 9.59 Å². The van der Waals surface area contributed by atoms with Crippen LogP contribution in [-0.4, -0.2) is 37.6 Å². The number of nitrogens with one attached hydrogen (secondary N) is 2. The third kappa shape index (κ3) is 4.04. The summed E-state index contributed by atoms with van der Waals surface area (Å²) in [4.78, 5) is 23.5. The maximum atomic E-state index is 12.1. The van der Waals surface area contributed by atoms with Crippen molar-refractivity contribution >= 4 is 11.9 Å². The van der Waals surface area contributed by atoms with E-state index < -0.39 is 0 Å². The van der Waals surface area contributed by atoms with Crippen molar-refractivity contribution < 1.29 is 14.3 Å². The van der Waals surface area contributed by atoms with E-state index in [0.29, 0.717) is 19.4 Å². The van der Waals surface area contributed by atoms with Crippen LogP contribution in [-0.2, 0) is 20.7 Å². The fraction of sp³-hybridized carbons (Fsp3) is 0.500. The van der Waals surface area contributed by atoms with Gasteiger partial charge in [0.25, 0.3) is 0 Å². The fourth-order valence-electron chi connectivity index (χ4n) is 2.66. The monoisotopic (exact) mass is 290 g/mol. The number of carbonyl (C=O) groups excluding carboxylic acids is 2.